The minimum Gasteiger partial charge on any atom is -0.281 e. The first kappa shape index (κ1) is 7.98. The Hall–Kier alpha value is -2.37. The minimum absolute atomic E-state index is 0.799. The van der Waals surface area contributed by atoms with Crippen molar-refractivity contribution in [3.8, 4) is 0 Å². The second-order valence-corrected chi connectivity index (χ2v) is 3.18. The van der Waals surface area contributed by atoms with Crippen molar-refractivity contribution >= 4 is 17.1 Å². The van der Waals surface area contributed by atoms with Gasteiger partial charge in [-0.05, 0) is 6.08 Å². The zero-order valence-corrected chi connectivity index (χ0v) is 7.83. The van der Waals surface area contributed by atoms with E-state index in [1.165, 1.54) is 0 Å². The summed E-state index contributed by atoms with van der Waals surface area (Å²) in [6.07, 6.45) is 9.87. The van der Waals surface area contributed by atoms with Crippen LogP contribution in [0.5, 0.6) is 0 Å². The molecule has 0 amide bonds. The highest BCUT2D eigenvalue weighted by Crippen LogP contribution is 2.25. The topological polar surface area (TPSA) is 87.5 Å². The average molecular weight is 202 g/mol. The summed E-state index contributed by atoms with van der Waals surface area (Å²) in [7, 11) is 0. The first-order valence-electron chi connectivity index (χ1n) is 4.61. The molecule has 2 aliphatic rings. The Labute approximate surface area is 85.1 Å². The maximum Gasteiger partial charge on any atom is 0.166 e. The van der Waals surface area contributed by atoms with Crippen molar-refractivity contribution in [3.63, 3.8) is 0 Å². The Kier molecular flexibility index (Phi) is 1.64. The summed E-state index contributed by atoms with van der Waals surface area (Å²) in [5, 5.41) is 15.7. The number of allylic oxidation sites excluding steroid dienone is 6. The molecular formula is C9H10N6. The number of hydrogen-bond donors (Lipinski definition) is 5. The fourth-order valence-electron chi connectivity index (χ4n) is 1.56. The Bertz CT molecular complexity index is 525. The Morgan fingerprint density at radius 3 is 2.93 bits per heavy atom. The van der Waals surface area contributed by atoms with Gasteiger partial charge in [-0.3, -0.25) is 15.6 Å². The van der Waals surface area contributed by atoms with E-state index in [0.717, 1.165) is 22.8 Å². The molecule has 1 aromatic heterocycles. The molecule has 76 valence electrons. The Morgan fingerprint density at radius 2 is 1.93 bits per heavy atom. The van der Waals surface area contributed by atoms with Crippen LogP contribution < -0.4 is 5.43 Å². The number of rotatable bonds is 0. The van der Waals surface area contributed by atoms with Crippen LogP contribution in [0.3, 0.4) is 0 Å². The maximum absolute atomic E-state index is 4.24. The van der Waals surface area contributed by atoms with Gasteiger partial charge in [0.05, 0.1) is 5.71 Å². The van der Waals surface area contributed by atoms with Crippen molar-refractivity contribution in [3.05, 3.63) is 36.1 Å². The van der Waals surface area contributed by atoms with Gasteiger partial charge in [0.15, 0.2) is 5.82 Å². The van der Waals surface area contributed by atoms with Crippen LogP contribution in [-0.4, -0.2) is 26.3 Å². The monoisotopic (exact) mass is 202 g/mol. The molecule has 0 saturated heterocycles. The van der Waals surface area contributed by atoms with Gasteiger partial charge in [0.1, 0.15) is 5.69 Å². The standard InChI is InChI=1S/C9H10N6/c1-2-4-6-7(5-3-1)10-12-9-8(6)11-14-15-13-9/h1-5,11-15H. The van der Waals surface area contributed by atoms with Crippen molar-refractivity contribution < 1.29 is 0 Å². The molecule has 2 heterocycles. The quantitative estimate of drug-likeness (QED) is 0.433. The van der Waals surface area contributed by atoms with Gasteiger partial charge >= 0.3 is 0 Å². The van der Waals surface area contributed by atoms with Crippen molar-refractivity contribution in [1.82, 2.24) is 20.6 Å². The van der Waals surface area contributed by atoms with Crippen LogP contribution >= 0.6 is 0 Å². The van der Waals surface area contributed by atoms with Gasteiger partial charge in [-0.1, -0.05) is 24.3 Å². The molecule has 0 atom stereocenters. The number of H-pyrrole nitrogens is 4. The van der Waals surface area contributed by atoms with Crippen molar-refractivity contribution in [2.45, 2.75) is 0 Å². The lowest BCUT2D eigenvalue weighted by Gasteiger charge is -2.17. The lowest BCUT2D eigenvalue weighted by atomic mass is 10.1. The van der Waals surface area contributed by atoms with Crippen LogP contribution in [-0.2, 0) is 0 Å². The SMILES string of the molecule is C1=CC=C2C(=NNc3[nH][nH][nH][nH]c32)C=C1. The van der Waals surface area contributed by atoms with Crippen LogP contribution in [0.4, 0.5) is 5.82 Å². The largest absolute Gasteiger partial charge is 0.281 e. The minimum atomic E-state index is 0.799. The van der Waals surface area contributed by atoms with E-state index >= 15 is 0 Å². The number of hydrogen-bond acceptors (Lipinski definition) is 2. The van der Waals surface area contributed by atoms with Crippen molar-refractivity contribution in [2.75, 3.05) is 5.43 Å². The third-order valence-electron chi connectivity index (χ3n) is 2.26. The highest BCUT2D eigenvalue weighted by molar-refractivity contribution is 6.31. The van der Waals surface area contributed by atoms with Gasteiger partial charge in [-0.15, -0.1) is 0 Å². The van der Waals surface area contributed by atoms with E-state index in [9.17, 15) is 0 Å². The number of aromatic amines is 4. The molecule has 0 saturated carbocycles. The van der Waals surface area contributed by atoms with Crippen molar-refractivity contribution in [1.29, 1.82) is 0 Å². The zero-order valence-electron chi connectivity index (χ0n) is 7.83. The van der Waals surface area contributed by atoms with Gasteiger partial charge in [0.2, 0.25) is 0 Å². The molecule has 6 nitrogen and oxygen atoms in total. The second kappa shape index (κ2) is 3.09. The normalized spacial score (nSPS) is 16.8. The van der Waals surface area contributed by atoms with Gasteiger partial charge < -0.3 is 0 Å². The zero-order chi connectivity index (χ0) is 10.1. The summed E-state index contributed by atoms with van der Waals surface area (Å²) < 4.78 is 0. The van der Waals surface area contributed by atoms with E-state index < -0.39 is 0 Å². The lowest BCUT2D eigenvalue weighted by Crippen LogP contribution is -2.15. The third-order valence-corrected chi connectivity index (χ3v) is 2.26. The number of nitrogens with zero attached hydrogens (tertiary/aromatic N) is 1. The van der Waals surface area contributed by atoms with Crippen molar-refractivity contribution in [2.24, 2.45) is 5.10 Å². The smallest absolute Gasteiger partial charge is 0.166 e. The second-order valence-electron chi connectivity index (χ2n) is 3.18. The molecule has 0 fully saturated rings. The fourth-order valence-corrected chi connectivity index (χ4v) is 1.56. The predicted octanol–water partition coefficient (Wildman–Crippen LogP) is 1.41. The molecule has 1 aliphatic carbocycles. The lowest BCUT2D eigenvalue weighted by molar-refractivity contribution is 0.756. The molecule has 6 heteroatoms. The van der Waals surface area contributed by atoms with Crippen LogP contribution in [0, 0.1) is 0 Å². The predicted molar refractivity (Wildman–Crippen MR) is 58.8 cm³/mol. The van der Waals surface area contributed by atoms with E-state index in [1.807, 2.05) is 30.4 Å². The van der Waals surface area contributed by atoms with Gasteiger partial charge in [-0.2, -0.15) is 5.10 Å². The molecule has 0 unspecified atom stereocenters. The summed E-state index contributed by atoms with van der Waals surface area (Å²) in [5.41, 5.74) is 5.80. The van der Waals surface area contributed by atoms with E-state index in [4.69, 9.17) is 0 Å². The molecule has 1 aromatic rings. The number of anilines is 1. The summed E-state index contributed by atoms with van der Waals surface area (Å²) in [6.45, 7) is 0. The van der Waals surface area contributed by atoms with Crippen LogP contribution in [0.2, 0.25) is 0 Å². The fraction of sp³-hybridized carbons (Fsp3) is 0. The van der Waals surface area contributed by atoms with E-state index in [1.54, 1.807) is 0 Å². The molecule has 0 aromatic carbocycles. The highest BCUT2D eigenvalue weighted by atomic mass is 15.5. The third kappa shape index (κ3) is 1.23. The molecule has 0 spiro atoms. The Balaban J connectivity index is 2.22. The van der Waals surface area contributed by atoms with Gasteiger partial charge in [0.25, 0.3) is 0 Å². The van der Waals surface area contributed by atoms with Crippen LogP contribution in [0.1, 0.15) is 5.69 Å². The van der Waals surface area contributed by atoms with Crippen LogP contribution in [0.15, 0.2) is 35.5 Å². The first-order valence-corrected chi connectivity index (χ1v) is 4.61. The van der Waals surface area contributed by atoms with Gasteiger partial charge in [0, 0.05) is 5.57 Å². The maximum atomic E-state index is 4.24. The molecule has 15 heavy (non-hydrogen) atoms. The first-order chi connectivity index (χ1) is 7.45. The molecule has 0 bridgehead atoms. The summed E-state index contributed by atoms with van der Waals surface area (Å²) in [6, 6.07) is 0. The van der Waals surface area contributed by atoms with E-state index in [-0.39, 0.29) is 0 Å². The van der Waals surface area contributed by atoms with Crippen LogP contribution in [0.25, 0.3) is 5.57 Å². The molecule has 1 aliphatic heterocycles. The number of hydrazone groups is 1. The highest BCUT2D eigenvalue weighted by Gasteiger charge is 2.17. The number of aromatic nitrogens is 4. The molecule has 5 N–H and O–H groups in total. The summed E-state index contributed by atoms with van der Waals surface area (Å²) in [5.74, 6) is 0.799. The van der Waals surface area contributed by atoms with E-state index in [2.05, 4.69) is 31.2 Å². The van der Waals surface area contributed by atoms with Gasteiger partial charge in [-0.25, -0.2) is 10.4 Å². The van der Waals surface area contributed by atoms with E-state index in [0.29, 0.717) is 0 Å². The average Bonchev–Trinajstić information content (AvgIpc) is 2.54. The number of nitrogens with one attached hydrogen (secondary N) is 5. The molecular weight excluding hydrogens is 192 g/mol. The number of fused-ring (bicyclic) bond motifs is 3. The summed E-state index contributed by atoms with van der Waals surface area (Å²) in [4.78, 5) is 0. The summed E-state index contributed by atoms with van der Waals surface area (Å²) >= 11 is 0. The Morgan fingerprint density at radius 1 is 1.00 bits per heavy atom. The molecule has 0 radical (unpaired) electrons. The molecule has 3 rings (SSSR count).